The van der Waals surface area contributed by atoms with E-state index in [2.05, 4.69) is 48.6 Å². The van der Waals surface area contributed by atoms with Gasteiger partial charge in [0, 0.05) is 36.7 Å². The van der Waals surface area contributed by atoms with Gasteiger partial charge in [-0.15, -0.1) is 0 Å². The maximum Gasteiger partial charge on any atom is 0.251 e. The quantitative estimate of drug-likeness (QED) is 0.117. The molecule has 2 heterocycles. The number of aromatic nitrogens is 1. The van der Waals surface area contributed by atoms with Crippen molar-refractivity contribution in [2.24, 2.45) is 16.2 Å². The van der Waals surface area contributed by atoms with Gasteiger partial charge in [-0.05, 0) is 85.6 Å². The zero-order valence-corrected chi connectivity index (χ0v) is 35.6. The molecule has 58 heavy (non-hydrogen) atoms. The van der Waals surface area contributed by atoms with Crippen molar-refractivity contribution < 1.29 is 38.2 Å². The Kier molecular flexibility index (Phi) is 14.1. The largest absolute Gasteiger partial charge is 0.494 e. The normalized spacial score (nSPS) is 19.8. The summed E-state index contributed by atoms with van der Waals surface area (Å²) in [5.41, 5.74) is 2.60. The first-order valence-electron chi connectivity index (χ1n) is 20.5. The van der Waals surface area contributed by atoms with Gasteiger partial charge in [0.2, 0.25) is 17.7 Å². The van der Waals surface area contributed by atoms with Gasteiger partial charge in [-0.25, -0.2) is 4.98 Å². The van der Waals surface area contributed by atoms with Crippen LogP contribution in [0.1, 0.15) is 115 Å². The average Bonchev–Trinajstić information content (AvgIpc) is 3.78. The lowest BCUT2D eigenvalue weighted by atomic mass is 9.52. The number of unbranched alkanes of at least 4 members (excludes halogenated alkanes) is 2. The minimum absolute atomic E-state index is 0.0146. The summed E-state index contributed by atoms with van der Waals surface area (Å²) in [6.45, 7) is 18.6. The van der Waals surface area contributed by atoms with Crippen LogP contribution in [0.5, 0.6) is 5.75 Å². The first kappa shape index (κ1) is 44.4. The van der Waals surface area contributed by atoms with E-state index in [-0.39, 0.29) is 54.3 Å². The van der Waals surface area contributed by atoms with E-state index >= 15 is 0 Å². The Balaban J connectivity index is 1.02. The van der Waals surface area contributed by atoms with Gasteiger partial charge in [-0.2, -0.15) is 0 Å². The molecule has 2 fully saturated rings. The predicted molar refractivity (Wildman–Crippen MR) is 221 cm³/mol. The van der Waals surface area contributed by atoms with Crippen molar-refractivity contribution in [3.63, 3.8) is 0 Å². The fourth-order valence-corrected chi connectivity index (χ4v) is 8.67. The Hall–Kier alpha value is -4.75. The van der Waals surface area contributed by atoms with E-state index in [1.165, 1.54) is 11.3 Å². The third-order valence-electron chi connectivity index (χ3n) is 11.4. The molecule has 0 unspecified atom stereocenters. The molecule has 1 saturated heterocycles. The van der Waals surface area contributed by atoms with E-state index in [1.54, 1.807) is 12.1 Å². The van der Waals surface area contributed by atoms with Crippen LogP contribution in [0, 0.1) is 23.2 Å². The van der Waals surface area contributed by atoms with E-state index in [9.17, 15) is 24.3 Å². The van der Waals surface area contributed by atoms with Crippen LogP contribution in [-0.4, -0.2) is 89.2 Å². The minimum atomic E-state index is -0.948. The summed E-state index contributed by atoms with van der Waals surface area (Å²) < 4.78 is 17.0. The third-order valence-corrected chi connectivity index (χ3v) is 11.4. The number of hydrogen-bond donors (Lipinski definition) is 4. The van der Waals surface area contributed by atoms with Crippen molar-refractivity contribution in [1.82, 2.24) is 25.8 Å². The monoisotopic (exact) mass is 801 g/mol. The zero-order valence-electron chi connectivity index (χ0n) is 35.6. The summed E-state index contributed by atoms with van der Waals surface area (Å²) >= 11 is 0. The second kappa shape index (κ2) is 18.4. The number of nitrogens with one attached hydrogen (secondary N) is 3. The number of nitrogens with zero attached hydrogens (tertiary/aromatic N) is 2. The fourth-order valence-electron chi connectivity index (χ4n) is 8.67. The van der Waals surface area contributed by atoms with Crippen molar-refractivity contribution in [2.45, 2.75) is 125 Å². The molecule has 13 heteroatoms. The number of oxazole rings is 1. The van der Waals surface area contributed by atoms with Gasteiger partial charge < -0.3 is 39.8 Å². The summed E-state index contributed by atoms with van der Waals surface area (Å²) in [6, 6.07) is 12.7. The Morgan fingerprint density at radius 3 is 2.21 bits per heavy atom. The van der Waals surface area contributed by atoms with E-state index < -0.39 is 35.4 Å². The number of carbonyl (C=O) groups excluding carboxylic acids is 4. The SMILES string of the molecule is Cc1ncoc1-c1ccc([C@H](C)NC(=O)[C@@H]2C[C@@H](O)CN2C(=O)[C@@H](NC(=O)COCCCCCOc2ccc(C(=O)NC3C(C)(C)CC3(C)C)cc2)C(C)(C)C)cc1. The van der Waals surface area contributed by atoms with Crippen LogP contribution < -0.4 is 20.7 Å². The third kappa shape index (κ3) is 11.0. The number of ether oxygens (including phenoxy) is 2. The highest BCUT2D eigenvalue weighted by Gasteiger charge is 2.53. The minimum Gasteiger partial charge on any atom is -0.494 e. The number of carbonyl (C=O) groups is 4. The molecule has 2 aromatic carbocycles. The molecule has 4 atom stereocenters. The number of aryl methyl sites for hydroxylation is 1. The molecule has 1 aromatic heterocycles. The zero-order chi connectivity index (χ0) is 42.4. The van der Waals surface area contributed by atoms with Crippen LogP contribution in [0.25, 0.3) is 11.3 Å². The maximum absolute atomic E-state index is 14.0. The number of β-amino-alcohol motifs (C(OH)–C–C–N with tert-alkyl or cyclic N) is 1. The fraction of sp³-hybridized carbons (Fsp3) is 0.578. The number of likely N-dealkylation sites (tertiary alicyclic amines) is 1. The molecular weight excluding hydrogens is 739 g/mol. The molecular formula is C45H63N5O8. The van der Waals surface area contributed by atoms with Crippen LogP contribution in [0.2, 0.25) is 0 Å². The number of rotatable bonds is 17. The highest BCUT2D eigenvalue weighted by molar-refractivity contribution is 5.95. The van der Waals surface area contributed by atoms with Gasteiger partial charge in [0.15, 0.2) is 12.2 Å². The molecule has 1 saturated carbocycles. The van der Waals surface area contributed by atoms with Gasteiger partial charge in [-0.1, -0.05) is 72.7 Å². The molecule has 3 aromatic rings. The van der Waals surface area contributed by atoms with Crippen LogP contribution in [0.15, 0.2) is 59.3 Å². The van der Waals surface area contributed by atoms with Gasteiger partial charge in [0.25, 0.3) is 5.91 Å². The molecule has 0 spiro atoms. The van der Waals surface area contributed by atoms with Crippen LogP contribution in [0.4, 0.5) is 0 Å². The second-order valence-electron chi connectivity index (χ2n) is 18.4. The lowest BCUT2D eigenvalue weighted by Crippen LogP contribution is -2.63. The van der Waals surface area contributed by atoms with Gasteiger partial charge >= 0.3 is 0 Å². The number of aliphatic hydroxyl groups is 1. The van der Waals surface area contributed by atoms with E-state index in [0.717, 1.165) is 42.5 Å². The summed E-state index contributed by atoms with van der Waals surface area (Å²) in [5.74, 6) is 0.0555. The van der Waals surface area contributed by atoms with Crippen molar-refractivity contribution in [2.75, 3.05) is 26.4 Å². The van der Waals surface area contributed by atoms with Crippen LogP contribution >= 0.6 is 0 Å². The number of aliphatic hydroxyl groups excluding tert-OH is 1. The Morgan fingerprint density at radius 1 is 0.948 bits per heavy atom. The molecule has 316 valence electrons. The smallest absolute Gasteiger partial charge is 0.251 e. The Bertz CT molecular complexity index is 1870. The number of hydrogen-bond acceptors (Lipinski definition) is 9. The Labute approximate surface area is 343 Å². The molecule has 1 aliphatic carbocycles. The van der Waals surface area contributed by atoms with Crippen molar-refractivity contribution in [3.05, 3.63) is 71.7 Å². The predicted octanol–water partition coefficient (Wildman–Crippen LogP) is 6.14. The van der Waals surface area contributed by atoms with Gasteiger partial charge in [0.05, 0.1) is 24.4 Å². The molecule has 5 rings (SSSR count). The molecule has 2 aliphatic rings. The molecule has 0 radical (unpaired) electrons. The summed E-state index contributed by atoms with van der Waals surface area (Å²) in [5, 5.41) is 19.6. The number of benzene rings is 2. The second-order valence-corrected chi connectivity index (χ2v) is 18.4. The van der Waals surface area contributed by atoms with Crippen molar-refractivity contribution >= 4 is 23.6 Å². The molecule has 13 nitrogen and oxygen atoms in total. The lowest BCUT2D eigenvalue weighted by molar-refractivity contribution is -0.144. The van der Waals surface area contributed by atoms with Crippen molar-refractivity contribution in [1.29, 1.82) is 0 Å². The maximum atomic E-state index is 14.0. The number of amides is 4. The van der Waals surface area contributed by atoms with Crippen molar-refractivity contribution in [3.8, 4) is 17.1 Å². The standard InChI is InChI=1S/C45H63N5O8/c1-28(30-13-15-31(16-14-30)37-29(2)46-27-58-37)47-40(54)35-23-33(51)24-50(35)41(55)38(43(3,4)5)48-36(52)25-56-21-11-10-12-22-57-34-19-17-32(18-20-34)39(53)49-42-44(6,7)26-45(42,8)9/h13-20,27-28,33,35,38,42,51H,10-12,21-26H2,1-9H3,(H,47,54)(H,48,52)(H,49,53)/t28-,33+,35-,38+/m0/s1. The summed E-state index contributed by atoms with van der Waals surface area (Å²) in [7, 11) is 0. The van der Waals surface area contributed by atoms with E-state index in [4.69, 9.17) is 13.9 Å². The summed E-state index contributed by atoms with van der Waals surface area (Å²) in [4.78, 5) is 58.9. The van der Waals surface area contributed by atoms with Gasteiger partial charge in [-0.3, -0.25) is 19.2 Å². The molecule has 4 N–H and O–H groups in total. The Morgan fingerprint density at radius 2 is 1.60 bits per heavy atom. The van der Waals surface area contributed by atoms with E-state index in [0.29, 0.717) is 30.3 Å². The molecule has 0 bridgehead atoms. The van der Waals surface area contributed by atoms with Crippen LogP contribution in [-0.2, 0) is 19.1 Å². The highest BCUT2D eigenvalue weighted by Crippen LogP contribution is 2.53. The average molecular weight is 802 g/mol. The first-order chi connectivity index (χ1) is 27.3. The van der Waals surface area contributed by atoms with Gasteiger partial charge in [0.1, 0.15) is 24.4 Å². The highest BCUT2D eigenvalue weighted by atomic mass is 16.5. The molecule has 1 aliphatic heterocycles. The first-order valence-corrected chi connectivity index (χ1v) is 20.5. The lowest BCUT2D eigenvalue weighted by Gasteiger charge is -2.57. The molecule has 4 amide bonds. The van der Waals surface area contributed by atoms with E-state index in [1.807, 2.05) is 71.0 Å². The summed E-state index contributed by atoms with van der Waals surface area (Å²) in [6.07, 6.45) is 4.02. The van der Waals surface area contributed by atoms with Crippen LogP contribution in [0.3, 0.4) is 0 Å². The topological polar surface area (TPSA) is 172 Å².